The lowest BCUT2D eigenvalue weighted by atomic mass is 10.0. The topological polar surface area (TPSA) is 78.9 Å². The van der Waals surface area contributed by atoms with Gasteiger partial charge in [0.05, 0.1) is 0 Å². The molecule has 0 fully saturated rings. The van der Waals surface area contributed by atoms with Crippen molar-refractivity contribution >= 4 is 17.9 Å². The van der Waals surface area contributed by atoms with Crippen molar-refractivity contribution in [1.29, 1.82) is 0 Å². The van der Waals surface area contributed by atoms with Crippen LogP contribution in [0.15, 0.2) is 182 Å². The van der Waals surface area contributed by atoms with Crippen LogP contribution in [0.25, 0.3) is 0 Å². The van der Waals surface area contributed by atoms with E-state index in [1.807, 2.05) is 0 Å². The Balaban J connectivity index is 4.53. The molecule has 0 rings (SSSR count). The van der Waals surface area contributed by atoms with Gasteiger partial charge in [-0.05, 0) is 154 Å². The highest BCUT2D eigenvalue weighted by Gasteiger charge is 2.19. The van der Waals surface area contributed by atoms with Crippen molar-refractivity contribution in [2.24, 2.45) is 0 Å². The predicted octanol–water partition coefficient (Wildman–Crippen LogP) is 23.2. The monoisotopic (exact) mass is 1140 g/mol. The highest BCUT2D eigenvalue weighted by molar-refractivity contribution is 5.71. The van der Waals surface area contributed by atoms with Gasteiger partial charge in [0.1, 0.15) is 13.2 Å². The Morgan fingerprint density at radius 2 is 0.434 bits per heavy atom. The van der Waals surface area contributed by atoms with E-state index in [0.717, 1.165) is 154 Å². The number of hydrogen-bond donors (Lipinski definition) is 0. The summed E-state index contributed by atoms with van der Waals surface area (Å²) in [5.74, 6) is -0.999. The first-order chi connectivity index (χ1) is 41.0. The second-order valence-electron chi connectivity index (χ2n) is 21.2. The summed E-state index contributed by atoms with van der Waals surface area (Å²) in [5.41, 5.74) is 0. The summed E-state index contributed by atoms with van der Waals surface area (Å²) < 4.78 is 16.9. The minimum absolute atomic E-state index is 0.116. The lowest BCUT2D eigenvalue weighted by Crippen LogP contribution is -2.30. The van der Waals surface area contributed by atoms with Crippen LogP contribution < -0.4 is 0 Å². The van der Waals surface area contributed by atoms with Gasteiger partial charge >= 0.3 is 17.9 Å². The van der Waals surface area contributed by atoms with Crippen molar-refractivity contribution < 1.29 is 28.6 Å². The maximum Gasteiger partial charge on any atom is 0.306 e. The SMILES string of the molecule is CC/C=C\C/C=C\C/C=C\C/C=C\C/C=C\C/C=C\CCCCC(=O)OC(COC(=O)CCCCC/C=C\C/C=C\C/C=C\C/C=C\C/C=C\CC)COC(=O)CCCCCCCCCCCCCC/C=C\C/C=C\C/C=C\C/C=C\CC. The highest BCUT2D eigenvalue weighted by Crippen LogP contribution is 2.15. The summed E-state index contributed by atoms with van der Waals surface area (Å²) in [7, 11) is 0. The smallest absolute Gasteiger partial charge is 0.306 e. The number of esters is 3. The molecule has 0 radical (unpaired) electrons. The van der Waals surface area contributed by atoms with Gasteiger partial charge < -0.3 is 14.2 Å². The maximum atomic E-state index is 12.9. The van der Waals surface area contributed by atoms with Crippen molar-refractivity contribution in [3.8, 4) is 0 Å². The van der Waals surface area contributed by atoms with Gasteiger partial charge in [0.25, 0.3) is 0 Å². The molecule has 0 bridgehead atoms. The van der Waals surface area contributed by atoms with Crippen LogP contribution in [-0.4, -0.2) is 37.2 Å². The molecule has 0 saturated heterocycles. The van der Waals surface area contributed by atoms with E-state index in [0.29, 0.717) is 19.3 Å². The number of unbranched alkanes of at least 4 members (excludes halogenated alkanes) is 17. The molecule has 0 aliphatic carbocycles. The van der Waals surface area contributed by atoms with Gasteiger partial charge in [0, 0.05) is 19.3 Å². The normalized spacial score (nSPS) is 13.3. The molecule has 464 valence electrons. The van der Waals surface area contributed by atoms with Crippen LogP contribution in [-0.2, 0) is 28.6 Å². The third kappa shape index (κ3) is 67.2. The minimum atomic E-state index is -0.829. The first-order valence-electron chi connectivity index (χ1n) is 33.3. The molecule has 0 saturated carbocycles. The van der Waals surface area contributed by atoms with Gasteiger partial charge in [0.2, 0.25) is 0 Å². The van der Waals surface area contributed by atoms with E-state index in [-0.39, 0.29) is 37.5 Å². The summed E-state index contributed by atoms with van der Waals surface area (Å²) in [6, 6.07) is 0. The molecule has 0 aliphatic heterocycles. The fourth-order valence-electron chi connectivity index (χ4n) is 8.52. The van der Waals surface area contributed by atoms with Crippen molar-refractivity contribution in [2.75, 3.05) is 13.2 Å². The van der Waals surface area contributed by atoms with Crippen LogP contribution in [0.3, 0.4) is 0 Å². The van der Waals surface area contributed by atoms with Gasteiger partial charge in [-0.2, -0.15) is 0 Å². The molecule has 1 atom stereocenters. The highest BCUT2D eigenvalue weighted by atomic mass is 16.6. The maximum absolute atomic E-state index is 12.9. The zero-order valence-electron chi connectivity index (χ0n) is 53.1. The molecule has 0 aromatic carbocycles. The Kier molecular flexibility index (Phi) is 64.4. The summed E-state index contributed by atoms with van der Waals surface area (Å²) in [4.78, 5) is 38.4. The third-order valence-electron chi connectivity index (χ3n) is 13.4. The van der Waals surface area contributed by atoms with Crippen molar-refractivity contribution in [1.82, 2.24) is 0 Å². The van der Waals surface area contributed by atoms with Crippen LogP contribution >= 0.6 is 0 Å². The van der Waals surface area contributed by atoms with Gasteiger partial charge in [-0.1, -0.05) is 274 Å². The second kappa shape index (κ2) is 69.0. The molecule has 0 amide bonds. The van der Waals surface area contributed by atoms with E-state index in [1.165, 1.54) is 64.2 Å². The molecule has 83 heavy (non-hydrogen) atoms. The molecule has 0 N–H and O–H groups in total. The average Bonchev–Trinajstić information content (AvgIpc) is 3.50. The van der Waals surface area contributed by atoms with Crippen molar-refractivity contribution in [3.05, 3.63) is 182 Å². The summed E-state index contributed by atoms with van der Waals surface area (Å²) in [6.07, 6.45) is 103. The van der Waals surface area contributed by atoms with E-state index >= 15 is 0 Å². The Hall–Kier alpha value is -5.49. The van der Waals surface area contributed by atoms with E-state index in [2.05, 4.69) is 203 Å². The Bertz CT molecular complexity index is 1940. The number of ether oxygens (including phenoxy) is 3. The molecular weight excluding hydrogens is 1020 g/mol. The van der Waals surface area contributed by atoms with Crippen molar-refractivity contribution in [3.63, 3.8) is 0 Å². The zero-order valence-corrected chi connectivity index (χ0v) is 53.1. The molecule has 0 aromatic heterocycles. The fourth-order valence-corrected chi connectivity index (χ4v) is 8.52. The molecular formula is C77H120O6. The first kappa shape index (κ1) is 77.5. The average molecular weight is 1140 g/mol. The van der Waals surface area contributed by atoms with Gasteiger partial charge in [-0.25, -0.2) is 0 Å². The van der Waals surface area contributed by atoms with Crippen LogP contribution in [0.4, 0.5) is 0 Å². The molecule has 0 spiro atoms. The summed E-state index contributed by atoms with van der Waals surface area (Å²) >= 11 is 0. The van der Waals surface area contributed by atoms with E-state index in [1.54, 1.807) is 0 Å². The van der Waals surface area contributed by atoms with Gasteiger partial charge in [0.15, 0.2) is 6.10 Å². The lowest BCUT2D eigenvalue weighted by Gasteiger charge is -2.18. The predicted molar refractivity (Wildman–Crippen MR) is 361 cm³/mol. The van der Waals surface area contributed by atoms with Crippen LogP contribution in [0.2, 0.25) is 0 Å². The molecule has 1 unspecified atom stereocenters. The minimum Gasteiger partial charge on any atom is -0.462 e. The Morgan fingerprint density at radius 3 is 0.711 bits per heavy atom. The second-order valence-corrected chi connectivity index (χ2v) is 21.2. The summed E-state index contributed by atoms with van der Waals surface area (Å²) in [5, 5.41) is 0. The number of allylic oxidation sites excluding steroid dienone is 30. The number of hydrogen-bond acceptors (Lipinski definition) is 6. The standard InChI is InChI=1S/C77H120O6/c1-4-7-10-13-16-19-22-25-28-31-34-36-37-38-39-41-43-46-49-52-55-58-61-64-67-70-76(79)82-73-74(72-81-75(78)69-66-63-60-57-54-51-48-45-42-33-30-27-24-21-18-15-12-9-6-3)83-77(80)71-68-65-62-59-56-53-50-47-44-40-35-32-29-26-23-20-17-14-11-8-5-2/h7-12,16-21,25-30,34-36,40,42,45,47,50-51,54,56,59,74H,4-6,13-15,22-24,31-33,37-39,41,43-44,46,48-49,52-53,55,57-58,60-73H2,1-3H3/b10-7-,11-8-,12-9-,19-16-,20-17-,21-18-,28-25-,29-26-,30-27-,36-34-,40-35-,45-42-,50-47-,54-51-,59-56-. The van der Waals surface area contributed by atoms with Crippen molar-refractivity contribution in [2.45, 2.75) is 271 Å². The largest absolute Gasteiger partial charge is 0.462 e. The molecule has 0 heterocycles. The van der Waals surface area contributed by atoms with E-state index in [4.69, 9.17) is 14.2 Å². The van der Waals surface area contributed by atoms with Crippen LogP contribution in [0.1, 0.15) is 265 Å². The Morgan fingerprint density at radius 1 is 0.241 bits per heavy atom. The molecule has 0 aromatic rings. The van der Waals surface area contributed by atoms with E-state index in [9.17, 15) is 14.4 Å². The van der Waals surface area contributed by atoms with Gasteiger partial charge in [-0.3, -0.25) is 14.4 Å². The lowest BCUT2D eigenvalue weighted by molar-refractivity contribution is -0.167. The zero-order chi connectivity index (χ0) is 59.9. The Labute approximate surface area is 510 Å². The number of rotatable bonds is 58. The quantitative estimate of drug-likeness (QED) is 0.0261. The third-order valence-corrected chi connectivity index (χ3v) is 13.4. The first-order valence-corrected chi connectivity index (χ1v) is 33.3. The van der Waals surface area contributed by atoms with Crippen LogP contribution in [0.5, 0.6) is 0 Å². The molecule has 6 nitrogen and oxygen atoms in total. The number of carbonyl (C=O) groups is 3. The van der Waals surface area contributed by atoms with Crippen LogP contribution in [0, 0.1) is 0 Å². The molecule has 0 aliphatic rings. The number of carbonyl (C=O) groups excluding carboxylic acids is 3. The van der Waals surface area contributed by atoms with E-state index < -0.39 is 6.10 Å². The van der Waals surface area contributed by atoms with Gasteiger partial charge in [-0.15, -0.1) is 0 Å². The fraction of sp³-hybridized carbons (Fsp3) is 0.571. The summed E-state index contributed by atoms with van der Waals surface area (Å²) in [6.45, 7) is 6.23. The molecule has 6 heteroatoms.